The molecule has 1 N–H and O–H groups in total. The first-order valence-corrected chi connectivity index (χ1v) is 5.79. The number of anilines is 1. The van der Waals surface area contributed by atoms with Gasteiger partial charge in [0.05, 0.1) is 25.0 Å². The second-order valence-electron chi connectivity index (χ2n) is 3.31. The number of hydrogen-bond donors (Lipinski definition) is 1. The second kappa shape index (κ2) is 13.2. The smallest absolute Gasteiger partial charge is 0.430 e. The number of nitrogens with zero attached hydrogens (tertiary/aromatic N) is 2. The van der Waals surface area contributed by atoms with Gasteiger partial charge < -0.3 is 39.6 Å². The topological polar surface area (TPSA) is 58.6 Å². The number of halogens is 2. The van der Waals surface area contributed by atoms with Crippen LogP contribution in [0.5, 0.6) is 11.5 Å². The van der Waals surface area contributed by atoms with Gasteiger partial charge in [0.25, 0.3) is 0 Å². The zero-order valence-corrected chi connectivity index (χ0v) is 16.4. The maximum atomic E-state index is 8.93. The number of ether oxygens (including phenoxy) is 2. The average molecular weight is 373 g/mol. The van der Waals surface area contributed by atoms with Crippen molar-refractivity contribution < 1.29 is 53.8 Å². The number of benzene rings is 1. The molecule has 0 atom stereocenters. The van der Waals surface area contributed by atoms with E-state index in [2.05, 4.69) is 10.3 Å². The Hall–Kier alpha value is -0.757. The van der Waals surface area contributed by atoms with E-state index in [9.17, 15) is 0 Å². The Balaban J connectivity index is -0.000000963. The molecule has 1 rings (SSSR count). The summed E-state index contributed by atoms with van der Waals surface area (Å²) in [5, 5.41) is 12.1. The van der Waals surface area contributed by atoms with Gasteiger partial charge in [-0.3, -0.25) is 0 Å². The Labute approximate surface area is 145 Å². The molecule has 0 heterocycles. The van der Waals surface area contributed by atoms with Crippen molar-refractivity contribution in [2.24, 2.45) is 0 Å². The van der Waals surface area contributed by atoms with Crippen molar-refractivity contribution in [1.29, 1.82) is 5.39 Å². The van der Waals surface area contributed by atoms with Crippen LogP contribution in [0.25, 0.3) is 4.98 Å². The first kappa shape index (κ1) is 24.3. The fourth-order valence-corrected chi connectivity index (χ4v) is 1.50. The Bertz CT molecular complexity index is 428. The SMILES string of the molecule is CCNc1cc(OCC)c([N+]#N)cc1OCC.[Cl-].[Cl-].[Zn]. The number of diazo groups is 1. The van der Waals surface area contributed by atoms with Gasteiger partial charge in [-0.15, -0.1) is 0 Å². The number of nitrogens with one attached hydrogen (secondary N) is 1. The first-order chi connectivity index (χ1) is 8.26. The molecule has 8 heteroatoms. The van der Waals surface area contributed by atoms with Gasteiger partial charge in [-0.1, -0.05) is 0 Å². The fraction of sp³-hybridized carbons (Fsp3) is 0.500. The molecule has 0 spiro atoms. The molecule has 110 valence electrons. The predicted molar refractivity (Wildman–Crippen MR) is 67.7 cm³/mol. The van der Waals surface area contributed by atoms with E-state index < -0.39 is 0 Å². The summed E-state index contributed by atoms with van der Waals surface area (Å²) < 4.78 is 10.9. The standard InChI is InChI=1S/C12H18N3O2.2ClH.Zn/c1-4-14-9-7-12(17-6-3)10(15-13)8-11(9)16-5-2;;;/h7-8,14H,4-6H2,1-3H3;2*1H;/q+1;;;/p-2. The third-order valence-corrected chi connectivity index (χ3v) is 2.14. The van der Waals surface area contributed by atoms with Gasteiger partial charge in [0, 0.05) is 32.1 Å². The van der Waals surface area contributed by atoms with Crippen LogP contribution in [0.4, 0.5) is 11.4 Å². The van der Waals surface area contributed by atoms with Crippen LogP contribution in [0.15, 0.2) is 12.1 Å². The van der Waals surface area contributed by atoms with Gasteiger partial charge >= 0.3 is 5.69 Å². The molecule has 5 nitrogen and oxygen atoms in total. The monoisotopic (exact) mass is 370 g/mol. The molecular weight excluding hydrogens is 354 g/mol. The van der Waals surface area contributed by atoms with E-state index in [4.69, 9.17) is 14.9 Å². The van der Waals surface area contributed by atoms with Crippen LogP contribution in [-0.4, -0.2) is 19.8 Å². The van der Waals surface area contributed by atoms with E-state index in [1.807, 2.05) is 20.8 Å². The molecule has 0 unspecified atom stereocenters. The second-order valence-corrected chi connectivity index (χ2v) is 3.31. The summed E-state index contributed by atoms with van der Waals surface area (Å²) >= 11 is 0. The van der Waals surface area contributed by atoms with Gasteiger partial charge in [-0.05, 0) is 20.8 Å². The van der Waals surface area contributed by atoms with Gasteiger partial charge in [0.1, 0.15) is 0 Å². The normalized spacial score (nSPS) is 8.10. The largest absolute Gasteiger partial charge is 1.00 e. The molecular formula is C12H18Cl2N3O2Zn-. The summed E-state index contributed by atoms with van der Waals surface area (Å²) in [6.07, 6.45) is 0. The van der Waals surface area contributed by atoms with Crippen molar-refractivity contribution in [3.8, 4) is 11.5 Å². The molecule has 0 aliphatic heterocycles. The van der Waals surface area contributed by atoms with E-state index >= 15 is 0 Å². The third-order valence-electron chi connectivity index (χ3n) is 2.14. The molecule has 1 aromatic rings. The van der Waals surface area contributed by atoms with Crippen molar-refractivity contribution in [2.45, 2.75) is 20.8 Å². The van der Waals surface area contributed by atoms with Crippen LogP contribution >= 0.6 is 0 Å². The van der Waals surface area contributed by atoms with E-state index in [0.717, 1.165) is 12.2 Å². The molecule has 0 aliphatic rings. The van der Waals surface area contributed by atoms with Crippen molar-refractivity contribution in [2.75, 3.05) is 25.1 Å². The minimum absolute atomic E-state index is 0. The summed E-state index contributed by atoms with van der Waals surface area (Å²) in [7, 11) is 0. The molecule has 0 amide bonds. The summed E-state index contributed by atoms with van der Waals surface area (Å²) in [5.74, 6) is 1.19. The molecule has 0 bridgehead atoms. The maximum absolute atomic E-state index is 8.93. The van der Waals surface area contributed by atoms with Crippen LogP contribution in [0.1, 0.15) is 20.8 Å². The van der Waals surface area contributed by atoms with Crippen LogP contribution < -0.4 is 39.6 Å². The van der Waals surface area contributed by atoms with E-state index in [-0.39, 0.29) is 44.3 Å². The van der Waals surface area contributed by atoms with Gasteiger partial charge in [-0.25, -0.2) is 0 Å². The zero-order chi connectivity index (χ0) is 12.7. The zero-order valence-electron chi connectivity index (χ0n) is 11.9. The van der Waals surface area contributed by atoms with E-state index in [1.165, 1.54) is 0 Å². The van der Waals surface area contributed by atoms with Gasteiger partial charge in [0.2, 0.25) is 11.1 Å². The third kappa shape index (κ3) is 6.61. The summed E-state index contributed by atoms with van der Waals surface area (Å²) in [6, 6.07) is 3.44. The number of hydrogen-bond acceptors (Lipinski definition) is 4. The first-order valence-electron chi connectivity index (χ1n) is 5.79. The molecule has 0 fully saturated rings. The van der Waals surface area contributed by atoms with Crippen molar-refractivity contribution in [3.05, 3.63) is 17.1 Å². The minimum atomic E-state index is 0. The molecule has 0 aliphatic carbocycles. The molecule has 0 saturated carbocycles. The molecule has 0 saturated heterocycles. The van der Waals surface area contributed by atoms with Crippen LogP contribution in [0, 0.1) is 5.39 Å². The minimum Gasteiger partial charge on any atom is -1.00 e. The van der Waals surface area contributed by atoms with E-state index in [0.29, 0.717) is 30.4 Å². The summed E-state index contributed by atoms with van der Waals surface area (Å²) in [6.45, 7) is 7.63. The molecule has 0 aromatic heterocycles. The van der Waals surface area contributed by atoms with Crippen LogP contribution in [0.2, 0.25) is 0 Å². The fourth-order valence-electron chi connectivity index (χ4n) is 1.50. The quantitative estimate of drug-likeness (QED) is 0.440. The van der Waals surface area contributed by atoms with Crippen molar-refractivity contribution in [1.82, 2.24) is 0 Å². The maximum Gasteiger partial charge on any atom is 0.430 e. The number of rotatable bonds is 6. The summed E-state index contributed by atoms with van der Waals surface area (Å²) in [5.41, 5.74) is 1.21. The molecule has 20 heavy (non-hydrogen) atoms. The summed E-state index contributed by atoms with van der Waals surface area (Å²) in [4.78, 5) is 3.20. The van der Waals surface area contributed by atoms with Crippen molar-refractivity contribution >= 4 is 11.4 Å². The predicted octanol–water partition coefficient (Wildman–Crippen LogP) is -2.59. The Kier molecular flexibility index (Phi) is 16.1. The van der Waals surface area contributed by atoms with Crippen molar-refractivity contribution in [3.63, 3.8) is 0 Å². The van der Waals surface area contributed by atoms with Crippen LogP contribution in [0.3, 0.4) is 0 Å². The average Bonchev–Trinajstić information content (AvgIpc) is 2.33. The molecule has 1 aromatic carbocycles. The molecule has 0 radical (unpaired) electrons. The Morgan fingerprint density at radius 1 is 1.05 bits per heavy atom. The van der Waals surface area contributed by atoms with E-state index in [1.54, 1.807) is 12.1 Å². The Morgan fingerprint density at radius 3 is 2.05 bits per heavy atom. The Morgan fingerprint density at radius 2 is 1.60 bits per heavy atom. The van der Waals surface area contributed by atoms with Crippen LogP contribution in [-0.2, 0) is 19.5 Å². The van der Waals surface area contributed by atoms with Gasteiger partial charge in [0.15, 0.2) is 10.7 Å². The van der Waals surface area contributed by atoms with Gasteiger partial charge in [-0.2, -0.15) is 0 Å².